The first-order valence-electron chi connectivity index (χ1n) is 13.2. The van der Waals surface area contributed by atoms with E-state index in [2.05, 4.69) is 148 Å². The Bertz CT molecular complexity index is 1080. The Hall–Kier alpha value is -2.51. The summed E-state index contributed by atoms with van der Waals surface area (Å²) in [5.41, 5.74) is 1.36. The molecule has 0 aliphatic carbocycles. The van der Waals surface area contributed by atoms with E-state index < -0.39 is 15.6 Å². The first kappa shape index (κ1) is 26.5. The van der Waals surface area contributed by atoms with Gasteiger partial charge in [0.05, 0.1) is 12.3 Å². The van der Waals surface area contributed by atoms with Crippen LogP contribution in [0.3, 0.4) is 0 Å². The van der Waals surface area contributed by atoms with Crippen LogP contribution in [0.1, 0.15) is 18.9 Å². The molecule has 0 aliphatic rings. The number of benzene rings is 4. The Labute approximate surface area is 220 Å². The van der Waals surface area contributed by atoms with Gasteiger partial charge in [-0.3, -0.25) is 0 Å². The minimum Gasteiger partial charge on any atom is -0.414 e. The quantitative estimate of drug-likeness (QED) is 0.150. The highest BCUT2D eigenvalue weighted by Gasteiger charge is 2.48. The third-order valence-corrected chi connectivity index (χ3v) is 12.5. The standard InChI is InChI=1S/C33H40OPSi/c1-5-29(33(34-36(2,3)4)26-28-18-10-6-11-19-28)27-35(30-20-12-7-13-21-30,31-22-14-8-15-23-31)32-24-16-9-17-25-32/h6-25,29,33H,5,26-27H2,1-4H3/q+1. The lowest BCUT2D eigenvalue weighted by Gasteiger charge is -2.36. The van der Waals surface area contributed by atoms with Gasteiger partial charge in [0, 0.05) is 5.92 Å². The molecule has 0 N–H and O–H groups in total. The fraction of sp³-hybridized carbons (Fsp3) is 0.273. The van der Waals surface area contributed by atoms with Crippen LogP contribution < -0.4 is 15.9 Å². The second-order valence-electron chi connectivity index (χ2n) is 10.6. The van der Waals surface area contributed by atoms with Gasteiger partial charge in [0.2, 0.25) is 0 Å². The summed E-state index contributed by atoms with van der Waals surface area (Å²) in [5, 5.41) is 4.35. The molecule has 3 heteroatoms. The zero-order chi connectivity index (χ0) is 25.4. The highest BCUT2D eigenvalue weighted by Crippen LogP contribution is 2.57. The highest BCUT2D eigenvalue weighted by atomic mass is 31.2. The molecule has 186 valence electrons. The molecule has 2 unspecified atom stereocenters. The van der Waals surface area contributed by atoms with E-state index in [9.17, 15) is 0 Å². The second-order valence-corrected chi connectivity index (χ2v) is 18.6. The van der Waals surface area contributed by atoms with Crippen molar-refractivity contribution in [3.8, 4) is 0 Å². The van der Waals surface area contributed by atoms with Gasteiger partial charge in [-0.15, -0.1) is 0 Å². The number of hydrogen-bond acceptors (Lipinski definition) is 1. The molecule has 0 aliphatic heterocycles. The molecule has 0 bridgehead atoms. The van der Waals surface area contributed by atoms with Crippen LogP contribution >= 0.6 is 7.26 Å². The Morgan fingerprint density at radius 1 is 0.611 bits per heavy atom. The van der Waals surface area contributed by atoms with Crippen LogP contribution in [0.15, 0.2) is 121 Å². The van der Waals surface area contributed by atoms with Crippen molar-refractivity contribution >= 4 is 31.5 Å². The first-order chi connectivity index (χ1) is 17.4. The molecule has 1 nitrogen and oxygen atoms in total. The number of rotatable bonds is 11. The average molecular weight is 512 g/mol. The smallest absolute Gasteiger partial charge is 0.184 e. The van der Waals surface area contributed by atoms with Crippen LogP contribution in [0, 0.1) is 5.92 Å². The van der Waals surface area contributed by atoms with Gasteiger partial charge in [-0.2, -0.15) is 0 Å². The van der Waals surface area contributed by atoms with Crippen molar-refractivity contribution in [2.24, 2.45) is 5.92 Å². The molecule has 4 rings (SSSR count). The summed E-state index contributed by atoms with van der Waals surface area (Å²) < 4.78 is 7.00. The second kappa shape index (κ2) is 12.1. The molecular weight excluding hydrogens is 471 g/mol. The van der Waals surface area contributed by atoms with Crippen LogP contribution in [-0.4, -0.2) is 20.6 Å². The molecule has 0 spiro atoms. The Balaban J connectivity index is 1.86. The lowest BCUT2D eigenvalue weighted by Crippen LogP contribution is -2.42. The van der Waals surface area contributed by atoms with Gasteiger partial charge < -0.3 is 4.43 Å². The molecule has 4 aromatic rings. The van der Waals surface area contributed by atoms with E-state index in [0.717, 1.165) is 19.0 Å². The molecule has 0 saturated heterocycles. The molecular formula is C33H40OPSi+. The lowest BCUT2D eigenvalue weighted by molar-refractivity contribution is 0.134. The van der Waals surface area contributed by atoms with Crippen LogP contribution in [-0.2, 0) is 10.8 Å². The maximum absolute atomic E-state index is 7.00. The molecule has 36 heavy (non-hydrogen) atoms. The van der Waals surface area contributed by atoms with Crippen LogP contribution in [0.4, 0.5) is 0 Å². The summed E-state index contributed by atoms with van der Waals surface area (Å²) in [6, 6.07) is 44.7. The van der Waals surface area contributed by atoms with Gasteiger partial charge in [-0.1, -0.05) is 91.9 Å². The summed E-state index contributed by atoms with van der Waals surface area (Å²) in [4.78, 5) is 0. The zero-order valence-electron chi connectivity index (χ0n) is 22.2. The minimum atomic E-state index is -1.91. The van der Waals surface area contributed by atoms with Crippen molar-refractivity contribution in [3.63, 3.8) is 0 Å². The van der Waals surface area contributed by atoms with Crippen molar-refractivity contribution in [2.45, 2.75) is 45.5 Å². The van der Waals surface area contributed by atoms with Crippen LogP contribution in [0.25, 0.3) is 0 Å². The molecule has 0 heterocycles. The topological polar surface area (TPSA) is 9.23 Å². The predicted octanol–water partition coefficient (Wildman–Crippen LogP) is 7.47. The zero-order valence-corrected chi connectivity index (χ0v) is 24.1. The molecule has 0 aromatic heterocycles. The minimum absolute atomic E-state index is 0.194. The third kappa shape index (κ3) is 6.43. The van der Waals surface area contributed by atoms with Crippen LogP contribution in [0.2, 0.25) is 19.6 Å². The van der Waals surface area contributed by atoms with E-state index in [4.69, 9.17) is 4.43 Å². The molecule has 2 atom stereocenters. The van der Waals surface area contributed by atoms with Gasteiger partial charge >= 0.3 is 0 Å². The Morgan fingerprint density at radius 3 is 1.36 bits per heavy atom. The molecule has 0 amide bonds. The summed E-state index contributed by atoms with van der Waals surface area (Å²) >= 11 is 0. The molecule has 0 fully saturated rings. The molecule has 0 radical (unpaired) electrons. The SMILES string of the molecule is CCC(C[P+](c1ccccc1)(c1ccccc1)c1ccccc1)C(Cc1ccccc1)O[Si](C)(C)C. The van der Waals surface area contributed by atoms with Crippen LogP contribution in [0.5, 0.6) is 0 Å². The summed E-state index contributed by atoms with van der Waals surface area (Å²) in [6.07, 6.45) is 3.35. The van der Waals surface area contributed by atoms with Gasteiger partial charge in [-0.05, 0) is 74.4 Å². The maximum Gasteiger partial charge on any atom is 0.184 e. The first-order valence-corrected chi connectivity index (χ1v) is 18.6. The molecule has 4 aromatic carbocycles. The van der Waals surface area contributed by atoms with Gasteiger partial charge in [0.25, 0.3) is 0 Å². The highest BCUT2D eigenvalue weighted by molar-refractivity contribution is 7.95. The number of hydrogen-bond donors (Lipinski definition) is 0. The largest absolute Gasteiger partial charge is 0.414 e. The monoisotopic (exact) mass is 511 g/mol. The lowest BCUT2D eigenvalue weighted by atomic mass is 9.95. The molecule has 0 saturated carbocycles. The van der Waals surface area contributed by atoms with E-state index in [-0.39, 0.29) is 6.10 Å². The Kier molecular flexibility index (Phi) is 8.96. The van der Waals surface area contributed by atoms with E-state index >= 15 is 0 Å². The normalized spacial score (nSPS) is 13.8. The summed E-state index contributed by atoms with van der Waals surface area (Å²) in [7, 11) is -3.67. The van der Waals surface area contributed by atoms with Gasteiger partial charge in [-0.25, -0.2) is 0 Å². The van der Waals surface area contributed by atoms with Crippen molar-refractivity contribution in [1.29, 1.82) is 0 Å². The van der Waals surface area contributed by atoms with E-state index in [1.807, 2.05) is 0 Å². The van der Waals surface area contributed by atoms with E-state index in [1.54, 1.807) is 0 Å². The Morgan fingerprint density at radius 2 is 1.00 bits per heavy atom. The maximum atomic E-state index is 7.00. The van der Waals surface area contributed by atoms with Gasteiger partial charge in [0.1, 0.15) is 23.2 Å². The third-order valence-electron chi connectivity index (χ3n) is 6.93. The fourth-order valence-electron chi connectivity index (χ4n) is 5.28. The van der Waals surface area contributed by atoms with Crippen molar-refractivity contribution in [2.75, 3.05) is 6.16 Å². The summed E-state index contributed by atoms with van der Waals surface area (Å²) in [6.45, 7) is 9.33. The van der Waals surface area contributed by atoms with E-state index in [0.29, 0.717) is 5.92 Å². The summed E-state index contributed by atoms with van der Waals surface area (Å²) in [5.74, 6) is 0.436. The average Bonchev–Trinajstić information content (AvgIpc) is 2.91. The van der Waals surface area contributed by atoms with Gasteiger partial charge in [0.15, 0.2) is 8.32 Å². The van der Waals surface area contributed by atoms with Crippen molar-refractivity contribution in [3.05, 3.63) is 127 Å². The fourth-order valence-corrected chi connectivity index (χ4v) is 11.2. The predicted molar refractivity (Wildman–Crippen MR) is 162 cm³/mol. The van der Waals surface area contributed by atoms with Crippen molar-refractivity contribution in [1.82, 2.24) is 0 Å². The van der Waals surface area contributed by atoms with E-state index in [1.165, 1.54) is 21.5 Å². The van der Waals surface area contributed by atoms with Crippen molar-refractivity contribution < 1.29 is 4.43 Å².